The number of furan rings is 1. The standard InChI is InChI=1S/C19H18N2O6S/c1-25-13-6-5-12(10-15(13)26-2)11-16-18(23)21(19(24)28-16)8-7-20-17(22)14-4-3-9-27-14/h3-6,9-11H,7-8H2,1-2H3,(H,20,22)/b16-11+. The molecule has 8 nitrogen and oxygen atoms in total. The molecule has 2 aromatic rings. The van der Waals surface area contributed by atoms with Gasteiger partial charge < -0.3 is 19.2 Å². The minimum Gasteiger partial charge on any atom is -0.493 e. The highest BCUT2D eigenvalue weighted by Gasteiger charge is 2.34. The van der Waals surface area contributed by atoms with E-state index in [1.54, 1.807) is 30.3 Å². The second kappa shape index (κ2) is 8.66. The number of carbonyl (C=O) groups is 3. The Labute approximate surface area is 165 Å². The fraction of sp³-hybridized carbons (Fsp3) is 0.211. The van der Waals surface area contributed by atoms with Gasteiger partial charge in [-0.05, 0) is 47.7 Å². The summed E-state index contributed by atoms with van der Waals surface area (Å²) in [5.74, 6) is 0.452. The van der Waals surface area contributed by atoms with Crippen LogP contribution in [0.15, 0.2) is 45.9 Å². The second-order valence-electron chi connectivity index (χ2n) is 5.68. The van der Waals surface area contributed by atoms with Crippen molar-refractivity contribution in [1.29, 1.82) is 0 Å². The maximum atomic E-state index is 12.5. The molecule has 0 radical (unpaired) electrons. The number of nitrogens with zero attached hydrogens (tertiary/aromatic N) is 1. The average Bonchev–Trinajstić information content (AvgIpc) is 3.32. The molecule has 0 aliphatic carbocycles. The minimum atomic E-state index is -0.406. The van der Waals surface area contributed by atoms with Gasteiger partial charge in [-0.15, -0.1) is 0 Å². The number of thioether (sulfide) groups is 1. The number of imide groups is 1. The third-order valence-electron chi connectivity index (χ3n) is 3.94. The number of nitrogens with one attached hydrogen (secondary N) is 1. The van der Waals surface area contributed by atoms with Gasteiger partial charge in [0.25, 0.3) is 17.1 Å². The summed E-state index contributed by atoms with van der Waals surface area (Å²) in [6.45, 7) is 0.196. The summed E-state index contributed by atoms with van der Waals surface area (Å²) >= 11 is 0.852. The maximum Gasteiger partial charge on any atom is 0.293 e. The summed E-state index contributed by atoms with van der Waals surface area (Å²) in [5, 5.41) is 2.22. The predicted octanol–water partition coefficient (Wildman–Crippen LogP) is 2.76. The quantitative estimate of drug-likeness (QED) is 0.711. The van der Waals surface area contributed by atoms with Gasteiger partial charge in [0.2, 0.25) is 0 Å². The summed E-state index contributed by atoms with van der Waals surface area (Å²) in [6.07, 6.45) is 3.01. The molecule has 2 heterocycles. The first-order chi connectivity index (χ1) is 13.5. The smallest absolute Gasteiger partial charge is 0.293 e. The zero-order valence-corrected chi connectivity index (χ0v) is 16.1. The number of carbonyl (C=O) groups excluding carboxylic acids is 3. The van der Waals surface area contributed by atoms with Crippen LogP contribution in [-0.4, -0.2) is 49.3 Å². The number of hydrogen-bond acceptors (Lipinski definition) is 7. The number of amides is 3. The van der Waals surface area contributed by atoms with Crippen molar-refractivity contribution >= 4 is 34.9 Å². The van der Waals surface area contributed by atoms with Gasteiger partial charge >= 0.3 is 0 Å². The van der Waals surface area contributed by atoms with Crippen molar-refractivity contribution < 1.29 is 28.3 Å². The Balaban J connectivity index is 1.64. The van der Waals surface area contributed by atoms with Gasteiger partial charge in [0.1, 0.15) is 0 Å². The Kier molecular flexibility index (Phi) is 6.05. The van der Waals surface area contributed by atoms with Crippen molar-refractivity contribution in [2.24, 2.45) is 0 Å². The van der Waals surface area contributed by atoms with Gasteiger partial charge in [-0.2, -0.15) is 0 Å². The Hall–Kier alpha value is -3.20. The van der Waals surface area contributed by atoms with Crippen LogP contribution in [0.5, 0.6) is 11.5 Å². The van der Waals surface area contributed by atoms with Crippen molar-refractivity contribution in [3.63, 3.8) is 0 Å². The van der Waals surface area contributed by atoms with Crippen molar-refractivity contribution in [2.45, 2.75) is 0 Å². The molecule has 1 aromatic carbocycles. The van der Waals surface area contributed by atoms with E-state index in [4.69, 9.17) is 13.9 Å². The van der Waals surface area contributed by atoms with Crippen molar-refractivity contribution in [3.8, 4) is 11.5 Å². The average molecular weight is 402 g/mol. The van der Waals surface area contributed by atoms with Crippen LogP contribution < -0.4 is 14.8 Å². The van der Waals surface area contributed by atoms with Gasteiger partial charge in [-0.25, -0.2) is 0 Å². The highest BCUT2D eigenvalue weighted by Crippen LogP contribution is 2.34. The molecule has 0 spiro atoms. The summed E-state index contributed by atoms with van der Waals surface area (Å²) in [5.41, 5.74) is 0.703. The molecule has 0 unspecified atom stereocenters. The molecule has 1 fully saturated rings. The Bertz CT molecular complexity index is 923. The lowest BCUT2D eigenvalue weighted by molar-refractivity contribution is -0.122. The zero-order chi connectivity index (χ0) is 20.1. The van der Waals surface area contributed by atoms with E-state index in [9.17, 15) is 14.4 Å². The summed E-state index contributed by atoms with van der Waals surface area (Å²) in [6, 6.07) is 8.33. The first kappa shape index (κ1) is 19.6. The second-order valence-corrected chi connectivity index (χ2v) is 6.67. The molecule has 1 aliphatic rings. The zero-order valence-electron chi connectivity index (χ0n) is 15.3. The SMILES string of the molecule is COc1ccc(/C=C2/SC(=O)N(CCNC(=O)c3ccco3)C2=O)cc1OC. The third-order valence-corrected chi connectivity index (χ3v) is 4.85. The van der Waals surface area contributed by atoms with Crippen LogP contribution >= 0.6 is 11.8 Å². The van der Waals surface area contributed by atoms with Crippen LogP contribution in [0.25, 0.3) is 6.08 Å². The lowest BCUT2D eigenvalue weighted by Gasteiger charge is -2.12. The van der Waals surface area contributed by atoms with E-state index >= 15 is 0 Å². The molecule has 28 heavy (non-hydrogen) atoms. The van der Waals surface area contributed by atoms with Crippen molar-refractivity contribution in [2.75, 3.05) is 27.3 Å². The van der Waals surface area contributed by atoms with Crippen molar-refractivity contribution in [3.05, 3.63) is 52.8 Å². The van der Waals surface area contributed by atoms with Gasteiger partial charge in [0, 0.05) is 13.1 Å². The molecule has 1 aromatic heterocycles. The molecule has 9 heteroatoms. The summed E-state index contributed by atoms with van der Waals surface area (Å²) in [4.78, 5) is 37.9. The van der Waals surface area contributed by atoms with Gasteiger partial charge in [-0.1, -0.05) is 6.07 Å². The fourth-order valence-corrected chi connectivity index (χ4v) is 3.43. The number of benzene rings is 1. The lowest BCUT2D eigenvalue weighted by Crippen LogP contribution is -2.37. The van der Waals surface area contributed by atoms with E-state index in [1.165, 1.54) is 26.5 Å². The first-order valence-electron chi connectivity index (χ1n) is 8.32. The van der Waals surface area contributed by atoms with E-state index in [0.717, 1.165) is 16.7 Å². The molecule has 3 rings (SSSR count). The van der Waals surface area contributed by atoms with Crippen LogP contribution in [0.2, 0.25) is 0 Å². The van der Waals surface area contributed by atoms with Gasteiger partial charge in [0.15, 0.2) is 17.3 Å². The molecule has 3 amide bonds. The predicted molar refractivity (Wildman–Crippen MR) is 103 cm³/mol. The molecule has 0 atom stereocenters. The Morgan fingerprint density at radius 1 is 1.21 bits per heavy atom. The fourth-order valence-electron chi connectivity index (χ4n) is 2.56. The Morgan fingerprint density at radius 3 is 2.68 bits per heavy atom. The maximum absolute atomic E-state index is 12.5. The van der Waals surface area contributed by atoms with Crippen molar-refractivity contribution in [1.82, 2.24) is 10.2 Å². The summed E-state index contributed by atoms with van der Waals surface area (Å²) in [7, 11) is 3.06. The van der Waals surface area contributed by atoms with Crippen LogP contribution in [0.1, 0.15) is 16.1 Å². The number of ether oxygens (including phenoxy) is 2. The number of hydrogen-bond donors (Lipinski definition) is 1. The highest BCUT2D eigenvalue weighted by atomic mass is 32.2. The van der Waals surface area contributed by atoms with Gasteiger partial charge in [-0.3, -0.25) is 19.3 Å². The molecule has 0 saturated carbocycles. The molecular weight excluding hydrogens is 384 g/mol. The normalized spacial score (nSPS) is 15.2. The van der Waals surface area contributed by atoms with Crippen LogP contribution in [0.3, 0.4) is 0 Å². The molecular formula is C19H18N2O6S. The Morgan fingerprint density at radius 2 is 2.00 bits per heavy atom. The molecule has 0 bridgehead atoms. The summed E-state index contributed by atoms with van der Waals surface area (Å²) < 4.78 is 15.4. The molecule has 146 valence electrons. The molecule has 1 saturated heterocycles. The largest absolute Gasteiger partial charge is 0.493 e. The van der Waals surface area contributed by atoms with Crippen LogP contribution in [0.4, 0.5) is 4.79 Å². The van der Waals surface area contributed by atoms with E-state index in [1.807, 2.05) is 0 Å². The first-order valence-corrected chi connectivity index (χ1v) is 9.14. The number of methoxy groups -OCH3 is 2. The third kappa shape index (κ3) is 4.20. The molecule has 1 N–H and O–H groups in total. The van der Waals surface area contributed by atoms with E-state index in [2.05, 4.69) is 5.32 Å². The van der Waals surface area contributed by atoms with E-state index in [-0.39, 0.29) is 24.1 Å². The minimum absolute atomic E-state index is 0.0698. The number of rotatable bonds is 7. The van der Waals surface area contributed by atoms with E-state index in [0.29, 0.717) is 22.0 Å². The van der Waals surface area contributed by atoms with Gasteiger partial charge in [0.05, 0.1) is 25.4 Å². The van der Waals surface area contributed by atoms with Crippen LogP contribution in [0, 0.1) is 0 Å². The highest BCUT2D eigenvalue weighted by molar-refractivity contribution is 8.18. The molecule has 1 aliphatic heterocycles. The van der Waals surface area contributed by atoms with E-state index < -0.39 is 11.8 Å². The monoisotopic (exact) mass is 402 g/mol. The topological polar surface area (TPSA) is 98.1 Å². The van der Waals surface area contributed by atoms with Crippen LogP contribution in [-0.2, 0) is 4.79 Å². The lowest BCUT2D eigenvalue weighted by atomic mass is 10.2.